The first-order valence-corrected chi connectivity index (χ1v) is 3.71. The summed E-state index contributed by atoms with van der Waals surface area (Å²) in [4.78, 5) is 10.1. The molecule has 0 aromatic heterocycles. The topological polar surface area (TPSA) is 107 Å². The molecule has 0 aromatic carbocycles. The zero-order valence-corrected chi connectivity index (χ0v) is 7.20. The zero-order valence-electron chi connectivity index (χ0n) is 7.20. The molecule has 6 nitrogen and oxygen atoms in total. The molecule has 0 aliphatic heterocycles. The van der Waals surface area contributed by atoms with Crippen molar-refractivity contribution in [3.05, 3.63) is 0 Å². The van der Waals surface area contributed by atoms with Crippen molar-refractivity contribution in [1.82, 2.24) is 0 Å². The Morgan fingerprint density at radius 1 is 1.38 bits per heavy atom. The van der Waals surface area contributed by atoms with E-state index in [1.165, 1.54) is 7.11 Å². The fraction of sp³-hybridized carbons (Fsp3) is 0.857. The molecule has 0 saturated heterocycles. The molecule has 0 bridgehead atoms. The first-order valence-electron chi connectivity index (χ1n) is 3.71. The van der Waals surface area contributed by atoms with Crippen molar-refractivity contribution in [2.75, 3.05) is 13.7 Å². The van der Waals surface area contributed by atoms with E-state index < -0.39 is 31.0 Å². The van der Waals surface area contributed by atoms with E-state index >= 15 is 0 Å². The van der Waals surface area contributed by atoms with Crippen LogP contribution in [0.4, 0.5) is 0 Å². The molecule has 4 atom stereocenters. The van der Waals surface area contributed by atoms with E-state index in [0.717, 1.165) is 0 Å². The van der Waals surface area contributed by atoms with Gasteiger partial charge >= 0.3 is 0 Å². The lowest BCUT2D eigenvalue weighted by Crippen LogP contribution is -2.47. The minimum atomic E-state index is -1.63. The van der Waals surface area contributed by atoms with Gasteiger partial charge in [0.2, 0.25) is 0 Å². The van der Waals surface area contributed by atoms with E-state index in [-0.39, 0.29) is 6.29 Å². The van der Waals surface area contributed by atoms with Gasteiger partial charge in [0.25, 0.3) is 0 Å². The second kappa shape index (κ2) is 6.01. The van der Waals surface area contributed by atoms with E-state index in [1.54, 1.807) is 0 Å². The Labute approximate surface area is 75.4 Å². The molecule has 0 aliphatic rings. The van der Waals surface area contributed by atoms with Crippen LogP contribution in [0.25, 0.3) is 0 Å². The fourth-order valence-corrected chi connectivity index (χ4v) is 0.903. The van der Waals surface area contributed by atoms with Crippen molar-refractivity contribution in [3.63, 3.8) is 0 Å². The van der Waals surface area contributed by atoms with Gasteiger partial charge in [-0.15, -0.1) is 0 Å². The summed E-state index contributed by atoms with van der Waals surface area (Å²) < 4.78 is 4.61. The summed E-state index contributed by atoms with van der Waals surface area (Å²) >= 11 is 0. The molecule has 0 aromatic rings. The summed E-state index contributed by atoms with van der Waals surface area (Å²) in [7, 11) is 1.18. The van der Waals surface area contributed by atoms with Crippen molar-refractivity contribution < 1.29 is 30.0 Å². The third-order valence-corrected chi connectivity index (χ3v) is 1.66. The van der Waals surface area contributed by atoms with E-state index in [4.69, 9.17) is 15.3 Å². The zero-order chi connectivity index (χ0) is 10.4. The molecular formula is C7H14O6. The average molecular weight is 194 g/mol. The second-order valence-corrected chi connectivity index (χ2v) is 2.57. The predicted octanol–water partition coefficient (Wildman–Crippen LogP) is -2.72. The number of aliphatic hydroxyl groups is 4. The highest BCUT2D eigenvalue weighted by Gasteiger charge is 2.31. The maximum absolute atomic E-state index is 10.1. The summed E-state index contributed by atoms with van der Waals surface area (Å²) in [6.07, 6.45) is -5.59. The normalized spacial score (nSPS) is 20.4. The van der Waals surface area contributed by atoms with Crippen molar-refractivity contribution in [2.45, 2.75) is 24.4 Å². The quantitative estimate of drug-likeness (QED) is 0.342. The Bertz CT molecular complexity index is 150. The van der Waals surface area contributed by atoms with Gasteiger partial charge < -0.3 is 30.0 Å². The standard InChI is InChI=1S/C7H14O6/c1-13-7(5(11)3-9)6(12)4(10)2-8/h2,4-7,9-12H,3H2,1H3. The van der Waals surface area contributed by atoms with Crippen LogP contribution in [0, 0.1) is 0 Å². The van der Waals surface area contributed by atoms with Crippen LogP contribution in [0.2, 0.25) is 0 Å². The highest BCUT2D eigenvalue weighted by Crippen LogP contribution is 2.07. The molecule has 0 radical (unpaired) electrons. The third-order valence-electron chi connectivity index (χ3n) is 1.66. The van der Waals surface area contributed by atoms with E-state index in [1.807, 2.05) is 0 Å². The number of carbonyl (C=O) groups excluding carboxylic acids is 1. The highest BCUT2D eigenvalue weighted by atomic mass is 16.5. The van der Waals surface area contributed by atoms with E-state index in [2.05, 4.69) is 4.74 Å². The predicted molar refractivity (Wildman–Crippen MR) is 42.0 cm³/mol. The average Bonchev–Trinajstić information content (AvgIpc) is 2.17. The number of carbonyl (C=O) groups is 1. The van der Waals surface area contributed by atoms with Gasteiger partial charge in [0.05, 0.1) is 6.61 Å². The van der Waals surface area contributed by atoms with Crippen LogP contribution >= 0.6 is 0 Å². The molecule has 6 heteroatoms. The molecule has 4 N–H and O–H groups in total. The third kappa shape index (κ3) is 3.37. The van der Waals surface area contributed by atoms with Crippen LogP contribution in [0.15, 0.2) is 0 Å². The highest BCUT2D eigenvalue weighted by molar-refractivity contribution is 5.56. The number of aliphatic hydroxyl groups excluding tert-OH is 4. The van der Waals surface area contributed by atoms with Crippen LogP contribution in [0.3, 0.4) is 0 Å². The molecule has 0 amide bonds. The first-order chi connectivity index (χ1) is 6.08. The lowest BCUT2D eigenvalue weighted by Gasteiger charge is -2.26. The monoisotopic (exact) mass is 194 g/mol. The first kappa shape index (κ1) is 12.5. The Kier molecular flexibility index (Phi) is 5.76. The van der Waals surface area contributed by atoms with E-state index in [0.29, 0.717) is 0 Å². The fourth-order valence-electron chi connectivity index (χ4n) is 0.903. The number of aldehydes is 1. The lowest BCUT2D eigenvalue weighted by atomic mass is 10.0. The van der Waals surface area contributed by atoms with Crippen molar-refractivity contribution in [3.8, 4) is 0 Å². The number of rotatable bonds is 6. The minimum absolute atomic E-state index is 0.126. The summed E-state index contributed by atoms with van der Waals surface area (Å²) in [5, 5.41) is 35.7. The molecule has 4 unspecified atom stereocenters. The smallest absolute Gasteiger partial charge is 0.151 e. The van der Waals surface area contributed by atoms with Crippen LogP contribution in [-0.4, -0.2) is 64.8 Å². The number of methoxy groups -OCH3 is 1. The van der Waals surface area contributed by atoms with Crippen molar-refractivity contribution in [1.29, 1.82) is 0 Å². The molecule has 0 rings (SSSR count). The van der Waals surface area contributed by atoms with Gasteiger partial charge in [-0.1, -0.05) is 0 Å². The summed E-state index contributed by atoms with van der Waals surface area (Å²) in [6, 6.07) is 0. The maximum Gasteiger partial charge on any atom is 0.151 e. The number of ether oxygens (including phenoxy) is 1. The van der Waals surface area contributed by atoms with Crippen LogP contribution in [-0.2, 0) is 9.53 Å². The molecular weight excluding hydrogens is 180 g/mol. The molecule has 0 heterocycles. The van der Waals surface area contributed by atoms with Gasteiger partial charge in [0, 0.05) is 7.11 Å². The largest absolute Gasteiger partial charge is 0.394 e. The Hall–Kier alpha value is -0.530. The van der Waals surface area contributed by atoms with Crippen molar-refractivity contribution in [2.24, 2.45) is 0 Å². The Morgan fingerprint density at radius 2 is 1.92 bits per heavy atom. The maximum atomic E-state index is 10.1. The summed E-state index contributed by atoms with van der Waals surface area (Å²) in [5.74, 6) is 0. The Balaban J connectivity index is 4.29. The molecule has 78 valence electrons. The van der Waals surface area contributed by atoms with Crippen LogP contribution in [0.1, 0.15) is 0 Å². The van der Waals surface area contributed by atoms with Crippen LogP contribution < -0.4 is 0 Å². The minimum Gasteiger partial charge on any atom is -0.394 e. The lowest BCUT2D eigenvalue weighted by molar-refractivity contribution is -0.142. The number of hydrogen-bond acceptors (Lipinski definition) is 6. The van der Waals surface area contributed by atoms with Gasteiger partial charge in [-0.05, 0) is 0 Å². The second-order valence-electron chi connectivity index (χ2n) is 2.57. The van der Waals surface area contributed by atoms with Crippen LogP contribution in [0.5, 0.6) is 0 Å². The summed E-state index contributed by atoms with van der Waals surface area (Å²) in [5.41, 5.74) is 0. The van der Waals surface area contributed by atoms with Gasteiger partial charge in [-0.25, -0.2) is 0 Å². The molecule has 0 aliphatic carbocycles. The SMILES string of the molecule is COC(C(O)CO)C(O)C(O)C=O. The molecule has 0 saturated carbocycles. The van der Waals surface area contributed by atoms with Gasteiger partial charge in [-0.2, -0.15) is 0 Å². The van der Waals surface area contributed by atoms with Gasteiger partial charge in [0.15, 0.2) is 6.29 Å². The van der Waals surface area contributed by atoms with E-state index in [9.17, 15) is 9.90 Å². The van der Waals surface area contributed by atoms with Crippen molar-refractivity contribution >= 4 is 6.29 Å². The molecule has 0 spiro atoms. The van der Waals surface area contributed by atoms with Gasteiger partial charge in [-0.3, -0.25) is 0 Å². The Morgan fingerprint density at radius 3 is 2.23 bits per heavy atom. The number of hydrogen-bond donors (Lipinski definition) is 4. The molecule has 13 heavy (non-hydrogen) atoms. The van der Waals surface area contributed by atoms with Gasteiger partial charge in [0.1, 0.15) is 24.4 Å². The summed E-state index contributed by atoms with van der Waals surface area (Å²) in [6.45, 7) is -0.624. The molecule has 0 fully saturated rings.